The normalized spacial score (nSPS) is 19.2. The molecular weight excluding hydrogens is 268 g/mol. The molecule has 1 amide bonds. The average molecular weight is 298 g/mol. The van der Waals surface area contributed by atoms with Crippen LogP contribution in [-0.2, 0) is 9.59 Å². The van der Waals surface area contributed by atoms with E-state index in [1.165, 1.54) is 6.42 Å². The van der Waals surface area contributed by atoms with Gasteiger partial charge in [-0.1, -0.05) is 40.0 Å². The largest absolute Gasteiger partial charge is 0.480 e. The molecule has 1 fully saturated rings. The van der Waals surface area contributed by atoms with Gasteiger partial charge in [-0.3, -0.25) is 9.69 Å². The summed E-state index contributed by atoms with van der Waals surface area (Å²) in [5.41, 5.74) is 0. The van der Waals surface area contributed by atoms with Crippen LogP contribution in [0.4, 0.5) is 0 Å². The number of amides is 1. The second-order valence-electron chi connectivity index (χ2n) is 6.33. The van der Waals surface area contributed by atoms with Crippen LogP contribution < -0.4 is 5.32 Å². The Morgan fingerprint density at radius 2 is 1.81 bits per heavy atom. The van der Waals surface area contributed by atoms with Gasteiger partial charge in [0.05, 0.1) is 6.04 Å². The Balaban J connectivity index is 2.68. The third kappa shape index (κ3) is 5.65. The van der Waals surface area contributed by atoms with E-state index in [-0.39, 0.29) is 17.9 Å². The summed E-state index contributed by atoms with van der Waals surface area (Å²) in [5, 5.41) is 12.0. The minimum absolute atomic E-state index is 0.129. The molecule has 122 valence electrons. The number of unbranched alkanes of at least 4 members (excludes halogenated alkanes) is 1. The van der Waals surface area contributed by atoms with Crippen molar-refractivity contribution in [2.45, 2.75) is 71.4 Å². The SMILES string of the molecule is CCCCC(NC(=O)C(C(C)C)N1CCCCC1)C(=O)O. The smallest absolute Gasteiger partial charge is 0.326 e. The van der Waals surface area contributed by atoms with Gasteiger partial charge in [0.1, 0.15) is 6.04 Å². The third-order valence-electron chi connectivity index (χ3n) is 4.15. The molecule has 1 heterocycles. The van der Waals surface area contributed by atoms with Gasteiger partial charge in [-0.05, 0) is 38.3 Å². The Kier molecular flexibility index (Phi) is 7.72. The lowest BCUT2D eigenvalue weighted by Gasteiger charge is -2.36. The Bertz CT molecular complexity index is 338. The predicted molar refractivity (Wildman–Crippen MR) is 83.1 cm³/mol. The summed E-state index contributed by atoms with van der Waals surface area (Å²) in [7, 11) is 0. The number of hydrogen-bond donors (Lipinski definition) is 2. The van der Waals surface area contributed by atoms with Crippen molar-refractivity contribution in [3.8, 4) is 0 Å². The molecule has 5 heteroatoms. The molecule has 21 heavy (non-hydrogen) atoms. The quantitative estimate of drug-likeness (QED) is 0.721. The maximum atomic E-state index is 12.5. The van der Waals surface area contributed by atoms with Crippen LogP contribution in [0.5, 0.6) is 0 Å². The Labute approximate surface area is 128 Å². The number of carboxylic acid groups (broad SMARTS) is 1. The van der Waals surface area contributed by atoms with Crippen molar-refractivity contribution < 1.29 is 14.7 Å². The highest BCUT2D eigenvalue weighted by Crippen LogP contribution is 2.18. The number of nitrogens with zero attached hydrogens (tertiary/aromatic N) is 1. The maximum absolute atomic E-state index is 12.5. The fourth-order valence-corrected chi connectivity index (χ4v) is 3.01. The second-order valence-corrected chi connectivity index (χ2v) is 6.33. The highest BCUT2D eigenvalue weighted by atomic mass is 16.4. The summed E-state index contributed by atoms with van der Waals surface area (Å²) in [4.78, 5) is 26.0. The molecule has 0 spiro atoms. The first-order chi connectivity index (χ1) is 9.97. The summed E-state index contributed by atoms with van der Waals surface area (Å²) in [6, 6.07) is -0.975. The van der Waals surface area contributed by atoms with E-state index in [9.17, 15) is 14.7 Å². The number of piperidine rings is 1. The van der Waals surface area contributed by atoms with E-state index in [0.29, 0.717) is 6.42 Å². The van der Waals surface area contributed by atoms with Crippen LogP contribution >= 0.6 is 0 Å². The summed E-state index contributed by atoms with van der Waals surface area (Å²) in [6.45, 7) is 7.94. The molecule has 2 unspecified atom stereocenters. The maximum Gasteiger partial charge on any atom is 0.326 e. The molecule has 1 rings (SSSR count). The van der Waals surface area contributed by atoms with Crippen molar-refractivity contribution >= 4 is 11.9 Å². The first-order valence-corrected chi connectivity index (χ1v) is 8.24. The lowest BCUT2D eigenvalue weighted by atomic mass is 9.98. The summed E-state index contributed by atoms with van der Waals surface area (Å²) in [6.07, 6.45) is 5.70. The number of likely N-dealkylation sites (tertiary alicyclic amines) is 1. The molecule has 0 aromatic rings. The van der Waals surface area contributed by atoms with Gasteiger partial charge in [-0.25, -0.2) is 4.79 Å². The monoisotopic (exact) mass is 298 g/mol. The van der Waals surface area contributed by atoms with Crippen LogP contribution in [-0.4, -0.2) is 47.1 Å². The van der Waals surface area contributed by atoms with Crippen molar-refractivity contribution in [1.29, 1.82) is 0 Å². The minimum atomic E-state index is -0.932. The van der Waals surface area contributed by atoms with Crippen LogP contribution in [0.1, 0.15) is 59.3 Å². The van der Waals surface area contributed by atoms with Crippen LogP contribution in [0, 0.1) is 5.92 Å². The number of hydrogen-bond acceptors (Lipinski definition) is 3. The van der Waals surface area contributed by atoms with Crippen molar-refractivity contribution in [2.75, 3.05) is 13.1 Å². The number of nitrogens with one attached hydrogen (secondary N) is 1. The summed E-state index contributed by atoms with van der Waals surface area (Å²) >= 11 is 0. The fourth-order valence-electron chi connectivity index (χ4n) is 3.01. The molecule has 0 saturated carbocycles. The number of aliphatic carboxylic acids is 1. The molecule has 0 radical (unpaired) electrons. The zero-order valence-electron chi connectivity index (χ0n) is 13.6. The van der Waals surface area contributed by atoms with E-state index in [1.807, 2.05) is 20.8 Å². The van der Waals surface area contributed by atoms with Crippen LogP contribution in [0.25, 0.3) is 0 Å². The van der Waals surface area contributed by atoms with Crippen molar-refractivity contribution in [1.82, 2.24) is 10.2 Å². The predicted octanol–water partition coefficient (Wildman–Crippen LogP) is 2.26. The molecule has 1 aliphatic rings. The van der Waals surface area contributed by atoms with Crippen molar-refractivity contribution in [3.05, 3.63) is 0 Å². The third-order valence-corrected chi connectivity index (χ3v) is 4.15. The van der Waals surface area contributed by atoms with Gasteiger partial charge < -0.3 is 10.4 Å². The molecule has 0 bridgehead atoms. The van der Waals surface area contributed by atoms with Crippen molar-refractivity contribution in [2.24, 2.45) is 5.92 Å². The molecule has 0 aromatic carbocycles. The van der Waals surface area contributed by atoms with E-state index >= 15 is 0 Å². The average Bonchev–Trinajstić information content (AvgIpc) is 2.44. The topological polar surface area (TPSA) is 69.6 Å². The van der Waals surface area contributed by atoms with E-state index in [0.717, 1.165) is 38.8 Å². The minimum Gasteiger partial charge on any atom is -0.480 e. The van der Waals surface area contributed by atoms with Crippen LogP contribution in [0.2, 0.25) is 0 Å². The Morgan fingerprint density at radius 1 is 1.19 bits per heavy atom. The molecule has 2 atom stereocenters. The first-order valence-electron chi connectivity index (χ1n) is 8.24. The summed E-state index contributed by atoms with van der Waals surface area (Å²) < 4.78 is 0. The molecule has 2 N–H and O–H groups in total. The fraction of sp³-hybridized carbons (Fsp3) is 0.875. The van der Waals surface area contributed by atoms with Gasteiger partial charge in [-0.15, -0.1) is 0 Å². The lowest BCUT2D eigenvalue weighted by molar-refractivity contribution is -0.143. The summed E-state index contributed by atoms with van der Waals surface area (Å²) in [5.74, 6) is -0.878. The Morgan fingerprint density at radius 3 is 2.29 bits per heavy atom. The molecule has 0 aromatic heterocycles. The van der Waals surface area contributed by atoms with E-state index in [4.69, 9.17) is 0 Å². The second kappa shape index (κ2) is 9.03. The molecule has 1 aliphatic heterocycles. The highest BCUT2D eigenvalue weighted by Gasteiger charge is 2.32. The van der Waals surface area contributed by atoms with Crippen LogP contribution in [0.15, 0.2) is 0 Å². The van der Waals surface area contributed by atoms with Gasteiger partial charge in [0.25, 0.3) is 0 Å². The van der Waals surface area contributed by atoms with Gasteiger partial charge in [-0.2, -0.15) is 0 Å². The number of carbonyl (C=O) groups is 2. The highest BCUT2D eigenvalue weighted by molar-refractivity contribution is 5.87. The van der Waals surface area contributed by atoms with Crippen LogP contribution in [0.3, 0.4) is 0 Å². The van der Waals surface area contributed by atoms with E-state index in [1.54, 1.807) is 0 Å². The van der Waals surface area contributed by atoms with Crippen molar-refractivity contribution in [3.63, 3.8) is 0 Å². The van der Waals surface area contributed by atoms with Gasteiger partial charge in [0.15, 0.2) is 0 Å². The number of carboxylic acids is 1. The van der Waals surface area contributed by atoms with Gasteiger partial charge >= 0.3 is 5.97 Å². The Hall–Kier alpha value is -1.10. The molecule has 5 nitrogen and oxygen atoms in total. The van der Waals surface area contributed by atoms with Gasteiger partial charge in [0.2, 0.25) is 5.91 Å². The first kappa shape index (κ1) is 18.0. The molecule has 1 saturated heterocycles. The lowest BCUT2D eigenvalue weighted by Crippen LogP contribution is -2.54. The molecular formula is C16H30N2O3. The number of carbonyl (C=O) groups excluding carboxylic acids is 1. The standard InChI is InChI=1S/C16H30N2O3/c1-4-5-9-13(16(20)21)17-15(19)14(12(2)3)18-10-7-6-8-11-18/h12-14H,4-11H2,1-3H3,(H,17,19)(H,20,21). The number of rotatable bonds is 8. The van der Waals surface area contributed by atoms with E-state index < -0.39 is 12.0 Å². The van der Waals surface area contributed by atoms with Gasteiger partial charge in [0, 0.05) is 0 Å². The zero-order chi connectivity index (χ0) is 15.8. The van der Waals surface area contributed by atoms with E-state index in [2.05, 4.69) is 10.2 Å². The zero-order valence-corrected chi connectivity index (χ0v) is 13.6. The molecule has 0 aliphatic carbocycles.